The summed E-state index contributed by atoms with van der Waals surface area (Å²) in [6.45, 7) is 0.302. The van der Waals surface area contributed by atoms with Gasteiger partial charge in [-0.1, -0.05) is 12.8 Å². The fraction of sp³-hybridized carbons (Fsp3) is 0.900. The first-order valence-electron chi connectivity index (χ1n) is 5.59. The first-order valence-corrected chi connectivity index (χ1v) is 6.57. The number of nitrogens with two attached hydrogens (primary N) is 1. The van der Waals surface area contributed by atoms with Gasteiger partial charge < -0.3 is 11.1 Å². The molecule has 1 saturated carbocycles. The molecule has 1 fully saturated rings. The van der Waals surface area contributed by atoms with Crippen molar-refractivity contribution in [3.05, 3.63) is 0 Å². The lowest BCUT2D eigenvalue weighted by Gasteiger charge is -2.25. The third kappa shape index (κ3) is 5.24. The number of carbonyl (C=O) groups is 1. The number of amides is 1. The van der Waals surface area contributed by atoms with E-state index in [1.807, 2.05) is 0 Å². The minimum absolute atomic E-state index is 0. The van der Waals surface area contributed by atoms with Gasteiger partial charge >= 0.3 is 5.51 Å². The normalized spacial score (nSPS) is 18.2. The Morgan fingerprint density at radius 1 is 1.33 bits per heavy atom. The van der Waals surface area contributed by atoms with Crippen LogP contribution in [0.5, 0.6) is 0 Å². The molecule has 0 bridgehead atoms. The van der Waals surface area contributed by atoms with E-state index in [0.29, 0.717) is 0 Å². The lowest BCUT2D eigenvalue weighted by atomic mass is 9.85. The van der Waals surface area contributed by atoms with Crippen molar-refractivity contribution in [2.24, 2.45) is 11.1 Å². The smallest absolute Gasteiger partial charge is 0.355 e. The standard InChI is InChI=1S/C10H17F3N2OS.ClH/c11-10(12,13)17-6-5-15-8(16)9(7-14)3-1-2-4-9;/h1-7,14H2,(H,15,16);1H. The summed E-state index contributed by atoms with van der Waals surface area (Å²) in [6, 6.07) is 0. The van der Waals surface area contributed by atoms with Gasteiger partial charge in [0.25, 0.3) is 0 Å². The highest BCUT2D eigenvalue weighted by atomic mass is 35.5. The number of rotatable bonds is 5. The number of nitrogens with one attached hydrogen (secondary N) is 1. The maximum absolute atomic E-state index is 11.9. The van der Waals surface area contributed by atoms with Crippen LogP contribution >= 0.6 is 24.2 Å². The first kappa shape index (κ1) is 17.9. The topological polar surface area (TPSA) is 55.1 Å². The molecular weight excluding hydrogens is 289 g/mol. The number of hydrogen-bond donors (Lipinski definition) is 2. The number of hydrogen-bond acceptors (Lipinski definition) is 3. The maximum Gasteiger partial charge on any atom is 0.441 e. The zero-order chi connectivity index (χ0) is 12.9. The number of halogens is 4. The fourth-order valence-electron chi connectivity index (χ4n) is 2.09. The molecule has 0 atom stereocenters. The molecule has 18 heavy (non-hydrogen) atoms. The summed E-state index contributed by atoms with van der Waals surface area (Å²) < 4.78 is 35.6. The molecule has 108 valence electrons. The molecule has 0 spiro atoms. The van der Waals surface area contributed by atoms with Crippen LogP contribution in [-0.2, 0) is 4.79 Å². The van der Waals surface area contributed by atoms with Crippen molar-refractivity contribution in [2.45, 2.75) is 31.2 Å². The summed E-state index contributed by atoms with van der Waals surface area (Å²) >= 11 is -0.121. The van der Waals surface area contributed by atoms with E-state index in [1.54, 1.807) is 0 Å². The van der Waals surface area contributed by atoms with E-state index < -0.39 is 10.9 Å². The van der Waals surface area contributed by atoms with Gasteiger partial charge in [-0.05, 0) is 24.6 Å². The molecule has 0 unspecified atom stereocenters. The highest BCUT2D eigenvalue weighted by Gasteiger charge is 2.39. The molecule has 1 amide bonds. The Kier molecular flexibility index (Phi) is 7.39. The van der Waals surface area contributed by atoms with Crippen molar-refractivity contribution in [1.82, 2.24) is 5.32 Å². The van der Waals surface area contributed by atoms with E-state index in [1.165, 1.54) is 0 Å². The second-order valence-corrected chi connectivity index (χ2v) is 5.40. The highest BCUT2D eigenvalue weighted by Crippen LogP contribution is 2.37. The molecule has 0 aliphatic heterocycles. The summed E-state index contributed by atoms with van der Waals surface area (Å²) in [4.78, 5) is 11.8. The number of alkyl halides is 3. The largest absolute Gasteiger partial charge is 0.441 e. The Morgan fingerprint density at radius 3 is 2.33 bits per heavy atom. The summed E-state index contributed by atoms with van der Waals surface area (Å²) in [5.74, 6) is -0.351. The first-order chi connectivity index (χ1) is 7.90. The maximum atomic E-state index is 11.9. The molecule has 0 aromatic rings. The third-order valence-corrected chi connectivity index (χ3v) is 3.82. The second-order valence-electron chi connectivity index (χ2n) is 4.24. The van der Waals surface area contributed by atoms with Gasteiger partial charge in [-0.15, -0.1) is 12.4 Å². The van der Waals surface area contributed by atoms with E-state index in [0.717, 1.165) is 25.7 Å². The Morgan fingerprint density at radius 2 is 1.89 bits per heavy atom. The molecular formula is C10H18ClF3N2OS. The Bertz CT molecular complexity index is 270. The quantitative estimate of drug-likeness (QED) is 0.766. The van der Waals surface area contributed by atoms with Crippen LogP contribution in [0.15, 0.2) is 0 Å². The molecule has 3 nitrogen and oxygen atoms in total. The van der Waals surface area contributed by atoms with Crippen LogP contribution in [0.1, 0.15) is 25.7 Å². The summed E-state index contributed by atoms with van der Waals surface area (Å²) in [7, 11) is 0. The molecule has 0 aromatic carbocycles. The van der Waals surface area contributed by atoms with Crippen LogP contribution in [0.4, 0.5) is 13.2 Å². The molecule has 8 heteroatoms. The van der Waals surface area contributed by atoms with Crippen molar-refractivity contribution in [3.8, 4) is 0 Å². The van der Waals surface area contributed by atoms with Gasteiger partial charge in [-0.3, -0.25) is 4.79 Å². The molecule has 1 aliphatic carbocycles. The van der Waals surface area contributed by atoms with Crippen LogP contribution in [0, 0.1) is 5.41 Å². The SMILES string of the molecule is Cl.NCC1(C(=O)NCCSC(F)(F)F)CCCC1. The predicted octanol–water partition coefficient (Wildman–Crippen LogP) is 2.30. The second kappa shape index (κ2) is 7.45. The van der Waals surface area contributed by atoms with Crippen LogP contribution in [0.3, 0.4) is 0 Å². The minimum atomic E-state index is -4.23. The zero-order valence-corrected chi connectivity index (χ0v) is 11.5. The van der Waals surface area contributed by atoms with E-state index >= 15 is 0 Å². The molecule has 0 heterocycles. The van der Waals surface area contributed by atoms with Crippen molar-refractivity contribution < 1.29 is 18.0 Å². The summed E-state index contributed by atoms with van der Waals surface area (Å²) in [6.07, 6.45) is 3.40. The Balaban J connectivity index is 0.00000289. The van der Waals surface area contributed by atoms with Gasteiger partial charge in [-0.25, -0.2) is 0 Å². The lowest BCUT2D eigenvalue weighted by Crippen LogP contribution is -2.44. The minimum Gasteiger partial charge on any atom is -0.355 e. The number of carbonyl (C=O) groups excluding carboxylic acids is 1. The van der Waals surface area contributed by atoms with Gasteiger partial charge in [0, 0.05) is 18.8 Å². The zero-order valence-electron chi connectivity index (χ0n) is 9.89. The van der Waals surface area contributed by atoms with Gasteiger partial charge in [0.1, 0.15) is 0 Å². The summed E-state index contributed by atoms with van der Waals surface area (Å²) in [5.41, 5.74) is 0.826. The van der Waals surface area contributed by atoms with Gasteiger partial charge in [0.2, 0.25) is 5.91 Å². The molecule has 0 aromatic heterocycles. The molecule has 1 aliphatic rings. The van der Waals surface area contributed by atoms with Crippen molar-refractivity contribution >= 4 is 30.1 Å². The van der Waals surface area contributed by atoms with Gasteiger partial charge in [0.15, 0.2) is 0 Å². The van der Waals surface area contributed by atoms with Crippen LogP contribution in [0.2, 0.25) is 0 Å². The Hall–Kier alpha value is -0.140. The van der Waals surface area contributed by atoms with E-state index in [4.69, 9.17) is 5.73 Å². The monoisotopic (exact) mass is 306 g/mol. The van der Waals surface area contributed by atoms with E-state index in [-0.39, 0.29) is 48.9 Å². The van der Waals surface area contributed by atoms with Gasteiger partial charge in [0.05, 0.1) is 5.41 Å². The molecule has 0 radical (unpaired) electrons. The Labute approximate surface area is 115 Å². The van der Waals surface area contributed by atoms with Crippen molar-refractivity contribution in [3.63, 3.8) is 0 Å². The van der Waals surface area contributed by atoms with Gasteiger partial charge in [-0.2, -0.15) is 13.2 Å². The fourth-order valence-corrected chi connectivity index (χ4v) is 2.53. The third-order valence-electron chi connectivity index (χ3n) is 3.09. The molecule has 1 rings (SSSR count). The van der Waals surface area contributed by atoms with Crippen LogP contribution in [-0.4, -0.2) is 30.3 Å². The van der Waals surface area contributed by atoms with E-state index in [9.17, 15) is 18.0 Å². The predicted molar refractivity (Wildman–Crippen MR) is 68.7 cm³/mol. The lowest BCUT2D eigenvalue weighted by molar-refractivity contribution is -0.130. The summed E-state index contributed by atoms with van der Waals surface area (Å²) in [5, 5.41) is 2.55. The number of thioether (sulfide) groups is 1. The highest BCUT2D eigenvalue weighted by molar-refractivity contribution is 8.00. The van der Waals surface area contributed by atoms with Crippen molar-refractivity contribution in [2.75, 3.05) is 18.8 Å². The average molecular weight is 307 g/mol. The van der Waals surface area contributed by atoms with E-state index in [2.05, 4.69) is 5.32 Å². The van der Waals surface area contributed by atoms with Crippen molar-refractivity contribution in [1.29, 1.82) is 0 Å². The molecule has 3 N–H and O–H groups in total. The average Bonchev–Trinajstić information content (AvgIpc) is 2.72. The molecule has 0 saturated heterocycles. The van der Waals surface area contributed by atoms with Crippen LogP contribution in [0.25, 0.3) is 0 Å². The van der Waals surface area contributed by atoms with Crippen LogP contribution < -0.4 is 11.1 Å².